The van der Waals surface area contributed by atoms with E-state index in [0.717, 1.165) is 12.0 Å². The fourth-order valence-corrected chi connectivity index (χ4v) is 2.63. The fourth-order valence-electron chi connectivity index (χ4n) is 2.63. The van der Waals surface area contributed by atoms with Gasteiger partial charge in [-0.3, -0.25) is 0 Å². The van der Waals surface area contributed by atoms with E-state index in [1.54, 1.807) is 0 Å². The van der Waals surface area contributed by atoms with Crippen molar-refractivity contribution >= 4 is 0 Å². The van der Waals surface area contributed by atoms with Gasteiger partial charge in [-0.1, -0.05) is 0 Å². The minimum atomic E-state index is 0.513. The summed E-state index contributed by atoms with van der Waals surface area (Å²) < 4.78 is 0. The Morgan fingerprint density at radius 1 is 1.31 bits per heavy atom. The van der Waals surface area contributed by atoms with Gasteiger partial charge < -0.3 is 10.6 Å². The highest BCUT2D eigenvalue weighted by atomic mass is 15.2. The molecule has 1 heterocycles. The maximum atomic E-state index is 5.89. The van der Waals surface area contributed by atoms with E-state index in [0.29, 0.717) is 6.04 Å². The minimum Gasteiger partial charge on any atom is -0.328 e. The lowest BCUT2D eigenvalue weighted by Gasteiger charge is -2.39. The molecule has 0 spiro atoms. The van der Waals surface area contributed by atoms with Crippen LogP contribution < -0.4 is 5.73 Å². The van der Waals surface area contributed by atoms with Crippen LogP contribution in [0, 0.1) is 5.92 Å². The van der Waals surface area contributed by atoms with Crippen molar-refractivity contribution in [3.05, 3.63) is 0 Å². The lowest BCUT2D eigenvalue weighted by molar-refractivity contribution is 0.0968. The molecular formula is C11H22N2. The summed E-state index contributed by atoms with van der Waals surface area (Å²) in [6, 6.07) is 1.37. The topological polar surface area (TPSA) is 29.3 Å². The van der Waals surface area contributed by atoms with Gasteiger partial charge in [-0.2, -0.15) is 0 Å². The maximum Gasteiger partial charge on any atom is 0.00791 e. The SMILES string of the molecule is CC1CCN1CCC1CCC(N)C1. The second-order valence-corrected chi connectivity index (χ2v) is 4.90. The molecule has 0 aromatic rings. The second-order valence-electron chi connectivity index (χ2n) is 4.90. The molecule has 2 rings (SSSR count). The highest BCUT2D eigenvalue weighted by Crippen LogP contribution is 2.28. The van der Waals surface area contributed by atoms with Gasteiger partial charge >= 0.3 is 0 Å². The molecule has 1 saturated carbocycles. The van der Waals surface area contributed by atoms with Crippen molar-refractivity contribution in [2.24, 2.45) is 11.7 Å². The van der Waals surface area contributed by atoms with Crippen molar-refractivity contribution in [1.29, 1.82) is 0 Å². The smallest absolute Gasteiger partial charge is 0.00791 e. The van der Waals surface area contributed by atoms with Crippen molar-refractivity contribution in [1.82, 2.24) is 4.90 Å². The number of nitrogens with zero attached hydrogens (tertiary/aromatic N) is 1. The third-order valence-electron chi connectivity index (χ3n) is 3.86. The average Bonchev–Trinajstić information content (AvgIpc) is 2.49. The predicted molar refractivity (Wildman–Crippen MR) is 55.6 cm³/mol. The molecule has 0 aromatic carbocycles. The van der Waals surface area contributed by atoms with Crippen molar-refractivity contribution in [2.75, 3.05) is 13.1 Å². The summed E-state index contributed by atoms with van der Waals surface area (Å²) in [6.45, 7) is 4.99. The summed E-state index contributed by atoms with van der Waals surface area (Å²) in [5.74, 6) is 0.933. The number of hydrogen-bond acceptors (Lipinski definition) is 2. The van der Waals surface area contributed by atoms with Crippen LogP contribution >= 0.6 is 0 Å². The van der Waals surface area contributed by atoms with Crippen molar-refractivity contribution in [2.45, 2.75) is 51.1 Å². The maximum absolute atomic E-state index is 5.89. The van der Waals surface area contributed by atoms with E-state index < -0.39 is 0 Å². The van der Waals surface area contributed by atoms with Gasteiger partial charge in [0.2, 0.25) is 0 Å². The molecule has 2 aliphatic rings. The number of rotatable bonds is 3. The molecule has 0 amide bonds. The molecule has 1 saturated heterocycles. The Balaban J connectivity index is 1.62. The third kappa shape index (κ3) is 2.23. The number of likely N-dealkylation sites (tertiary alicyclic amines) is 1. The van der Waals surface area contributed by atoms with Crippen LogP contribution in [0.3, 0.4) is 0 Å². The largest absolute Gasteiger partial charge is 0.328 e. The molecule has 1 aliphatic carbocycles. The summed E-state index contributed by atoms with van der Waals surface area (Å²) in [5, 5.41) is 0. The van der Waals surface area contributed by atoms with Crippen LogP contribution in [0.5, 0.6) is 0 Å². The number of nitrogens with two attached hydrogens (primary N) is 1. The Labute approximate surface area is 81.5 Å². The van der Waals surface area contributed by atoms with Gasteiger partial charge in [0, 0.05) is 12.1 Å². The molecule has 0 aromatic heterocycles. The van der Waals surface area contributed by atoms with Gasteiger partial charge in [-0.25, -0.2) is 0 Å². The lowest BCUT2D eigenvalue weighted by Crippen LogP contribution is -2.46. The molecule has 2 N–H and O–H groups in total. The Bertz CT molecular complexity index is 169. The summed E-state index contributed by atoms with van der Waals surface area (Å²) in [4.78, 5) is 2.60. The Morgan fingerprint density at radius 3 is 2.62 bits per heavy atom. The standard InChI is InChI=1S/C11H22N2/c1-9-4-6-13(9)7-5-10-2-3-11(12)8-10/h9-11H,2-8,12H2,1H3. The highest BCUT2D eigenvalue weighted by molar-refractivity contribution is 4.82. The monoisotopic (exact) mass is 182 g/mol. The van der Waals surface area contributed by atoms with E-state index in [-0.39, 0.29) is 0 Å². The van der Waals surface area contributed by atoms with Gasteiger partial charge in [0.1, 0.15) is 0 Å². The van der Waals surface area contributed by atoms with E-state index in [4.69, 9.17) is 5.73 Å². The van der Waals surface area contributed by atoms with Crippen LogP contribution in [-0.4, -0.2) is 30.1 Å². The molecule has 76 valence electrons. The Morgan fingerprint density at radius 2 is 2.15 bits per heavy atom. The van der Waals surface area contributed by atoms with Gasteiger partial charge in [0.25, 0.3) is 0 Å². The third-order valence-corrected chi connectivity index (χ3v) is 3.86. The first-order valence-electron chi connectivity index (χ1n) is 5.75. The fraction of sp³-hybridized carbons (Fsp3) is 1.00. The molecule has 0 radical (unpaired) electrons. The van der Waals surface area contributed by atoms with E-state index in [1.807, 2.05) is 0 Å². The number of hydrogen-bond donors (Lipinski definition) is 1. The zero-order chi connectivity index (χ0) is 9.26. The van der Waals surface area contributed by atoms with Crippen LogP contribution in [0.4, 0.5) is 0 Å². The van der Waals surface area contributed by atoms with Gasteiger partial charge in [-0.15, -0.1) is 0 Å². The molecule has 1 aliphatic heterocycles. The zero-order valence-corrected chi connectivity index (χ0v) is 8.71. The van der Waals surface area contributed by atoms with Crippen LogP contribution in [0.2, 0.25) is 0 Å². The molecule has 3 atom stereocenters. The summed E-state index contributed by atoms with van der Waals surface area (Å²) in [7, 11) is 0. The average molecular weight is 182 g/mol. The first-order valence-corrected chi connectivity index (χ1v) is 5.75. The van der Waals surface area contributed by atoms with E-state index >= 15 is 0 Å². The molecule has 2 nitrogen and oxygen atoms in total. The molecule has 2 heteroatoms. The van der Waals surface area contributed by atoms with Gasteiger partial charge in [-0.05, 0) is 58.0 Å². The second kappa shape index (κ2) is 3.97. The molecule has 2 fully saturated rings. The highest BCUT2D eigenvalue weighted by Gasteiger charge is 2.26. The Kier molecular flexibility index (Phi) is 2.89. The normalized spacial score (nSPS) is 40.6. The van der Waals surface area contributed by atoms with Gasteiger partial charge in [0.15, 0.2) is 0 Å². The van der Waals surface area contributed by atoms with Crippen LogP contribution in [0.15, 0.2) is 0 Å². The molecule has 0 bridgehead atoms. The first-order chi connectivity index (χ1) is 6.25. The van der Waals surface area contributed by atoms with Crippen LogP contribution in [0.25, 0.3) is 0 Å². The Hall–Kier alpha value is -0.0800. The van der Waals surface area contributed by atoms with E-state index in [2.05, 4.69) is 11.8 Å². The van der Waals surface area contributed by atoms with E-state index in [1.165, 1.54) is 45.2 Å². The minimum absolute atomic E-state index is 0.513. The predicted octanol–water partition coefficient (Wildman–Crippen LogP) is 1.60. The summed E-state index contributed by atoms with van der Waals surface area (Å²) >= 11 is 0. The van der Waals surface area contributed by atoms with Crippen molar-refractivity contribution in [3.63, 3.8) is 0 Å². The molecule has 13 heavy (non-hydrogen) atoms. The summed E-state index contributed by atoms with van der Waals surface area (Å²) in [5.41, 5.74) is 5.89. The van der Waals surface area contributed by atoms with Crippen LogP contribution in [-0.2, 0) is 0 Å². The zero-order valence-electron chi connectivity index (χ0n) is 8.71. The lowest BCUT2D eigenvalue weighted by atomic mass is 9.99. The van der Waals surface area contributed by atoms with Crippen LogP contribution in [0.1, 0.15) is 39.0 Å². The van der Waals surface area contributed by atoms with Crippen molar-refractivity contribution < 1.29 is 0 Å². The quantitative estimate of drug-likeness (QED) is 0.718. The molecular weight excluding hydrogens is 160 g/mol. The van der Waals surface area contributed by atoms with Gasteiger partial charge in [0.05, 0.1) is 0 Å². The first kappa shape index (κ1) is 9.47. The molecule has 3 unspecified atom stereocenters. The van der Waals surface area contributed by atoms with E-state index in [9.17, 15) is 0 Å². The summed E-state index contributed by atoms with van der Waals surface area (Å²) in [6.07, 6.45) is 6.72. The van der Waals surface area contributed by atoms with Crippen molar-refractivity contribution in [3.8, 4) is 0 Å².